The van der Waals surface area contributed by atoms with Crippen LogP contribution in [0.4, 0.5) is 0 Å². The summed E-state index contributed by atoms with van der Waals surface area (Å²) < 4.78 is 0. The van der Waals surface area contributed by atoms with Crippen LogP contribution in [0.5, 0.6) is 5.75 Å². The summed E-state index contributed by atoms with van der Waals surface area (Å²) in [6.45, 7) is 2.15. The molecule has 90 valence electrons. The van der Waals surface area contributed by atoms with Crippen molar-refractivity contribution in [3.8, 4) is 5.75 Å². The van der Waals surface area contributed by atoms with Crippen LogP contribution in [0.1, 0.15) is 25.3 Å². The van der Waals surface area contributed by atoms with Crippen molar-refractivity contribution in [2.45, 2.75) is 26.3 Å². The summed E-state index contributed by atoms with van der Waals surface area (Å²) in [5, 5.41) is 9.33. The van der Waals surface area contributed by atoms with Crippen molar-refractivity contribution in [1.82, 2.24) is 4.90 Å². The van der Waals surface area contributed by atoms with E-state index in [0.29, 0.717) is 12.8 Å². The number of phenols is 1. The number of nitrogens with zero attached hydrogens (tertiary/aromatic N) is 1. The Morgan fingerprint density at radius 2 is 1.94 bits per heavy atom. The number of carbonyl (C=O) groups is 2. The first-order valence-corrected chi connectivity index (χ1v) is 5.67. The number of carbonyl (C=O) groups excluding carboxylic acids is 2. The standard InChI is InChI=1S/C13H15NO3/c1-9-5-12(16)14(13(17)6-9)8-10-3-2-4-11(15)7-10/h2-4,7,9,15H,5-6,8H2,1H3. The van der Waals surface area contributed by atoms with E-state index in [0.717, 1.165) is 5.56 Å². The molecule has 0 spiro atoms. The monoisotopic (exact) mass is 233 g/mol. The van der Waals surface area contributed by atoms with E-state index in [-0.39, 0.29) is 30.0 Å². The highest BCUT2D eigenvalue weighted by Crippen LogP contribution is 2.21. The van der Waals surface area contributed by atoms with Gasteiger partial charge in [0.15, 0.2) is 0 Å². The maximum absolute atomic E-state index is 11.7. The van der Waals surface area contributed by atoms with E-state index >= 15 is 0 Å². The molecular formula is C13H15NO3. The van der Waals surface area contributed by atoms with Gasteiger partial charge in [-0.1, -0.05) is 19.1 Å². The third-order valence-electron chi connectivity index (χ3n) is 2.90. The molecule has 2 amide bonds. The summed E-state index contributed by atoms with van der Waals surface area (Å²) in [6, 6.07) is 6.62. The fourth-order valence-electron chi connectivity index (χ4n) is 2.04. The lowest BCUT2D eigenvalue weighted by Crippen LogP contribution is -2.42. The van der Waals surface area contributed by atoms with E-state index in [2.05, 4.69) is 0 Å². The number of benzene rings is 1. The Kier molecular flexibility index (Phi) is 3.13. The van der Waals surface area contributed by atoms with Crippen LogP contribution in [-0.4, -0.2) is 21.8 Å². The van der Waals surface area contributed by atoms with Gasteiger partial charge in [0.25, 0.3) is 0 Å². The highest BCUT2D eigenvalue weighted by atomic mass is 16.3. The fourth-order valence-corrected chi connectivity index (χ4v) is 2.04. The van der Waals surface area contributed by atoms with Crippen molar-refractivity contribution in [3.05, 3.63) is 29.8 Å². The number of aromatic hydroxyl groups is 1. The van der Waals surface area contributed by atoms with Crippen molar-refractivity contribution in [1.29, 1.82) is 0 Å². The first kappa shape index (κ1) is 11.6. The third-order valence-corrected chi connectivity index (χ3v) is 2.90. The van der Waals surface area contributed by atoms with Crippen LogP contribution in [0, 0.1) is 5.92 Å². The minimum absolute atomic E-state index is 0.128. The van der Waals surface area contributed by atoms with Gasteiger partial charge in [-0.3, -0.25) is 14.5 Å². The van der Waals surface area contributed by atoms with Gasteiger partial charge >= 0.3 is 0 Å². The molecule has 1 heterocycles. The lowest BCUT2D eigenvalue weighted by atomic mass is 9.97. The molecule has 1 aromatic carbocycles. The van der Waals surface area contributed by atoms with Gasteiger partial charge in [0.05, 0.1) is 6.54 Å². The summed E-state index contributed by atoms with van der Waals surface area (Å²) in [5.74, 6) is 0.0254. The van der Waals surface area contributed by atoms with Crippen LogP contribution < -0.4 is 0 Å². The molecule has 1 aliphatic rings. The molecule has 0 aromatic heterocycles. The Hall–Kier alpha value is -1.84. The van der Waals surface area contributed by atoms with Gasteiger partial charge in [-0.05, 0) is 23.6 Å². The van der Waals surface area contributed by atoms with Crippen molar-refractivity contribution in [2.24, 2.45) is 5.92 Å². The second-order valence-corrected chi connectivity index (χ2v) is 4.56. The van der Waals surface area contributed by atoms with Crippen molar-refractivity contribution >= 4 is 11.8 Å². The van der Waals surface area contributed by atoms with E-state index in [1.54, 1.807) is 24.3 Å². The van der Waals surface area contributed by atoms with Gasteiger partial charge in [-0.2, -0.15) is 0 Å². The second kappa shape index (κ2) is 4.57. The molecule has 4 heteroatoms. The lowest BCUT2D eigenvalue weighted by molar-refractivity contribution is -0.150. The molecule has 0 bridgehead atoms. The molecule has 1 aromatic rings. The molecule has 0 unspecified atom stereocenters. The third kappa shape index (κ3) is 2.64. The topological polar surface area (TPSA) is 57.6 Å². The Balaban J connectivity index is 2.13. The zero-order valence-corrected chi connectivity index (χ0v) is 9.72. The molecule has 1 aliphatic heterocycles. The number of amides is 2. The Morgan fingerprint density at radius 1 is 1.29 bits per heavy atom. The highest BCUT2D eigenvalue weighted by molar-refractivity contribution is 5.97. The average Bonchev–Trinajstić information content (AvgIpc) is 2.23. The number of likely N-dealkylation sites (tertiary alicyclic amines) is 1. The van der Waals surface area contributed by atoms with E-state index in [9.17, 15) is 14.7 Å². The van der Waals surface area contributed by atoms with E-state index < -0.39 is 0 Å². The quantitative estimate of drug-likeness (QED) is 0.790. The minimum Gasteiger partial charge on any atom is -0.508 e. The number of piperidine rings is 1. The predicted molar refractivity (Wildman–Crippen MR) is 62.1 cm³/mol. The second-order valence-electron chi connectivity index (χ2n) is 4.56. The van der Waals surface area contributed by atoms with E-state index in [4.69, 9.17) is 0 Å². The SMILES string of the molecule is CC1CC(=O)N(Cc2cccc(O)c2)C(=O)C1. The van der Waals surface area contributed by atoms with Crippen molar-refractivity contribution < 1.29 is 14.7 Å². The summed E-state index contributed by atoms with van der Waals surface area (Å²) in [4.78, 5) is 24.8. The van der Waals surface area contributed by atoms with E-state index in [1.807, 2.05) is 6.92 Å². The Bertz CT molecular complexity index is 438. The molecule has 0 atom stereocenters. The summed E-state index contributed by atoms with van der Waals surface area (Å²) in [5.41, 5.74) is 0.765. The molecule has 17 heavy (non-hydrogen) atoms. The normalized spacial score (nSPS) is 17.6. The molecule has 1 N–H and O–H groups in total. The fraction of sp³-hybridized carbons (Fsp3) is 0.385. The largest absolute Gasteiger partial charge is 0.508 e. The summed E-state index contributed by atoms with van der Waals surface area (Å²) in [7, 11) is 0. The first-order valence-electron chi connectivity index (χ1n) is 5.67. The van der Waals surface area contributed by atoms with Crippen LogP contribution in [-0.2, 0) is 16.1 Å². The Labute approximate surface area is 99.9 Å². The van der Waals surface area contributed by atoms with Gasteiger partial charge in [0.1, 0.15) is 5.75 Å². The smallest absolute Gasteiger partial charge is 0.229 e. The maximum atomic E-state index is 11.7. The average molecular weight is 233 g/mol. The van der Waals surface area contributed by atoms with Gasteiger partial charge in [0, 0.05) is 12.8 Å². The van der Waals surface area contributed by atoms with E-state index in [1.165, 1.54) is 4.90 Å². The Morgan fingerprint density at radius 3 is 2.53 bits per heavy atom. The van der Waals surface area contributed by atoms with Crippen LogP contribution >= 0.6 is 0 Å². The zero-order valence-electron chi connectivity index (χ0n) is 9.72. The highest BCUT2D eigenvalue weighted by Gasteiger charge is 2.30. The molecule has 2 rings (SSSR count). The molecule has 4 nitrogen and oxygen atoms in total. The van der Waals surface area contributed by atoms with Crippen LogP contribution in [0.15, 0.2) is 24.3 Å². The number of rotatable bonds is 2. The first-order chi connectivity index (χ1) is 8.06. The molecule has 1 saturated heterocycles. The maximum Gasteiger partial charge on any atom is 0.229 e. The molecule has 0 saturated carbocycles. The number of phenolic OH excluding ortho intramolecular Hbond substituents is 1. The molecule has 0 radical (unpaired) electrons. The van der Waals surface area contributed by atoms with Crippen LogP contribution in [0.3, 0.4) is 0 Å². The summed E-state index contributed by atoms with van der Waals surface area (Å²) in [6.07, 6.45) is 0.842. The van der Waals surface area contributed by atoms with Crippen molar-refractivity contribution in [2.75, 3.05) is 0 Å². The summed E-state index contributed by atoms with van der Waals surface area (Å²) >= 11 is 0. The predicted octanol–water partition coefficient (Wildman–Crippen LogP) is 1.68. The minimum atomic E-state index is -0.128. The van der Waals surface area contributed by atoms with Crippen molar-refractivity contribution in [3.63, 3.8) is 0 Å². The molecular weight excluding hydrogens is 218 g/mol. The molecule has 1 fully saturated rings. The zero-order chi connectivity index (χ0) is 12.4. The molecule has 0 aliphatic carbocycles. The number of hydrogen-bond acceptors (Lipinski definition) is 3. The van der Waals surface area contributed by atoms with Crippen LogP contribution in [0.2, 0.25) is 0 Å². The van der Waals surface area contributed by atoms with Gasteiger partial charge in [-0.15, -0.1) is 0 Å². The van der Waals surface area contributed by atoms with Gasteiger partial charge in [-0.25, -0.2) is 0 Å². The van der Waals surface area contributed by atoms with Crippen LogP contribution in [0.25, 0.3) is 0 Å². The number of imide groups is 1. The van der Waals surface area contributed by atoms with Gasteiger partial charge < -0.3 is 5.11 Å². The number of hydrogen-bond donors (Lipinski definition) is 1. The lowest BCUT2D eigenvalue weighted by Gasteiger charge is -2.28. The van der Waals surface area contributed by atoms with Gasteiger partial charge in [0.2, 0.25) is 11.8 Å².